The van der Waals surface area contributed by atoms with Crippen molar-refractivity contribution in [3.63, 3.8) is 0 Å². The van der Waals surface area contributed by atoms with E-state index in [1.807, 2.05) is 12.1 Å². The quantitative estimate of drug-likeness (QED) is 0.841. The third-order valence-electron chi connectivity index (χ3n) is 3.63. The van der Waals surface area contributed by atoms with Crippen LogP contribution in [0.3, 0.4) is 0 Å². The number of halogens is 1. The van der Waals surface area contributed by atoms with E-state index in [9.17, 15) is 0 Å². The molecule has 0 amide bonds. The molecule has 17 heavy (non-hydrogen) atoms. The molecule has 2 unspecified atom stereocenters. The molecule has 1 fully saturated rings. The second-order valence-electron chi connectivity index (χ2n) is 4.81. The van der Waals surface area contributed by atoms with Crippen molar-refractivity contribution in [3.05, 3.63) is 29.0 Å². The molecule has 1 aliphatic rings. The Morgan fingerprint density at radius 2 is 2.41 bits per heavy atom. The standard InChI is InChI=1S/C13H20ClN3/c1-2-10-8-17(7-5-12(10)15)9-11-4-3-6-16-13(11)14/h3-4,6,10,12H,2,5,7-9,15H2,1H3. The minimum absolute atomic E-state index is 0.362. The average Bonchev–Trinajstić information content (AvgIpc) is 2.34. The van der Waals surface area contributed by atoms with Gasteiger partial charge in [-0.1, -0.05) is 31.0 Å². The van der Waals surface area contributed by atoms with Crippen molar-refractivity contribution in [1.82, 2.24) is 9.88 Å². The van der Waals surface area contributed by atoms with Gasteiger partial charge in [0.15, 0.2) is 0 Å². The first-order chi connectivity index (χ1) is 8.20. The predicted molar refractivity (Wildman–Crippen MR) is 70.9 cm³/mol. The predicted octanol–water partition coefficient (Wildman–Crippen LogP) is 2.29. The van der Waals surface area contributed by atoms with Gasteiger partial charge in [0, 0.05) is 30.9 Å². The Labute approximate surface area is 108 Å². The first-order valence-corrected chi connectivity index (χ1v) is 6.65. The Morgan fingerprint density at radius 3 is 3.12 bits per heavy atom. The highest BCUT2D eigenvalue weighted by molar-refractivity contribution is 6.30. The van der Waals surface area contributed by atoms with Crippen molar-refractivity contribution < 1.29 is 0 Å². The zero-order valence-corrected chi connectivity index (χ0v) is 11.0. The maximum absolute atomic E-state index is 6.11. The third-order valence-corrected chi connectivity index (χ3v) is 3.97. The summed E-state index contributed by atoms with van der Waals surface area (Å²) in [6.07, 6.45) is 3.96. The maximum atomic E-state index is 6.11. The molecule has 1 aromatic rings. The summed E-state index contributed by atoms with van der Waals surface area (Å²) in [5.41, 5.74) is 7.22. The van der Waals surface area contributed by atoms with Crippen molar-refractivity contribution in [1.29, 1.82) is 0 Å². The lowest BCUT2D eigenvalue weighted by molar-refractivity contribution is 0.145. The number of piperidine rings is 1. The summed E-state index contributed by atoms with van der Waals surface area (Å²) in [5, 5.41) is 0.621. The topological polar surface area (TPSA) is 42.2 Å². The van der Waals surface area contributed by atoms with Gasteiger partial charge in [-0.25, -0.2) is 4.98 Å². The second kappa shape index (κ2) is 5.80. The molecule has 0 aromatic carbocycles. The summed E-state index contributed by atoms with van der Waals surface area (Å²) in [6, 6.07) is 4.35. The lowest BCUT2D eigenvalue weighted by Crippen LogP contribution is -2.46. The SMILES string of the molecule is CCC1CN(Cc2cccnc2Cl)CCC1N. The van der Waals surface area contributed by atoms with Gasteiger partial charge in [0.05, 0.1) is 0 Å². The van der Waals surface area contributed by atoms with E-state index in [4.69, 9.17) is 17.3 Å². The summed E-state index contributed by atoms with van der Waals surface area (Å²) < 4.78 is 0. The van der Waals surface area contributed by atoms with E-state index >= 15 is 0 Å². The molecule has 4 heteroatoms. The number of rotatable bonds is 3. The summed E-state index contributed by atoms with van der Waals surface area (Å²) in [4.78, 5) is 6.54. The number of nitrogens with two attached hydrogens (primary N) is 1. The lowest BCUT2D eigenvalue weighted by atomic mass is 9.90. The van der Waals surface area contributed by atoms with E-state index < -0.39 is 0 Å². The van der Waals surface area contributed by atoms with Crippen molar-refractivity contribution in [2.45, 2.75) is 32.4 Å². The fraction of sp³-hybridized carbons (Fsp3) is 0.615. The number of likely N-dealkylation sites (tertiary alicyclic amines) is 1. The van der Waals surface area contributed by atoms with E-state index in [0.29, 0.717) is 17.1 Å². The van der Waals surface area contributed by atoms with Crippen LogP contribution >= 0.6 is 11.6 Å². The fourth-order valence-electron chi connectivity index (χ4n) is 2.48. The third kappa shape index (κ3) is 3.18. The van der Waals surface area contributed by atoms with E-state index in [2.05, 4.69) is 16.8 Å². The largest absolute Gasteiger partial charge is 0.327 e. The van der Waals surface area contributed by atoms with E-state index in [1.165, 1.54) is 0 Å². The van der Waals surface area contributed by atoms with Crippen LogP contribution in [0, 0.1) is 5.92 Å². The molecule has 1 aromatic heterocycles. The van der Waals surface area contributed by atoms with Gasteiger partial charge in [0.1, 0.15) is 5.15 Å². The van der Waals surface area contributed by atoms with Gasteiger partial charge in [0.2, 0.25) is 0 Å². The summed E-state index contributed by atoms with van der Waals surface area (Å²) in [7, 11) is 0. The number of hydrogen-bond acceptors (Lipinski definition) is 3. The zero-order valence-electron chi connectivity index (χ0n) is 10.3. The molecule has 2 atom stereocenters. The Kier molecular flexibility index (Phi) is 4.37. The van der Waals surface area contributed by atoms with E-state index in [1.54, 1.807) is 6.20 Å². The molecule has 2 N–H and O–H groups in total. The minimum Gasteiger partial charge on any atom is -0.327 e. The van der Waals surface area contributed by atoms with Crippen molar-refractivity contribution in [2.24, 2.45) is 11.7 Å². The van der Waals surface area contributed by atoms with Crippen molar-refractivity contribution in [3.8, 4) is 0 Å². The first-order valence-electron chi connectivity index (χ1n) is 6.28. The Bertz CT molecular complexity index is 369. The lowest BCUT2D eigenvalue weighted by Gasteiger charge is -2.36. The molecule has 0 radical (unpaired) electrons. The number of nitrogens with zero attached hydrogens (tertiary/aromatic N) is 2. The summed E-state index contributed by atoms with van der Waals surface area (Å²) in [6.45, 7) is 5.23. The Hall–Kier alpha value is -0.640. The van der Waals surface area contributed by atoms with Gasteiger partial charge in [-0.05, 0) is 24.9 Å². The van der Waals surface area contributed by atoms with E-state index in [0.717, 1.165) is 38.0 Å². The van der Waals surface area contributed by atoms with Crippen LogP contribution in [0.2, 0.25) is 5.15 Å². The van der Waals surface area contributed by atoms with Crippen LogP contribution in [0.4, 0.5) is 0 Å². The van der Waals surface area contributed by atoms with Gasteiger partial charge >= 0.3 is 0 Å². The number of pyridine rings is 1. The molecule has 3 nitrogen and oxygen atoms in total. The molecule has 1 aliphatic heterocycles. The van der Waals surface area contributed by atoms with E-state index in [-0.39, 0.29) is 0 Å². The minimum atomic E-state index is 0.362. The normalized spacial score (nSPS) is 26.1. The number of hydrogen-bond donors (Lipinski definition) is 1. The first kappa shape index (κ1) is 12.8. The van der Waals surface area contributed by atoms with Gasteiger partial charge < -0.3 is 5.73 Å². The maximum Gasteiger partial charge on any atom is 0.133 e. The van der Waals surface area contributed by atoms with Crippen LogP contribution in [-0.4, -0.2) is 29.0 Å². The summed E-state index contributed by atoms with van der Waals surface area (Å²) >= 11 is 6.08. The van der Waals surface area contributed by atoms with Crippen molar-refractivity contribution in [2.75, 3.05) is 13.1 Å². The van der Waals surface area contributed by atoms with Crippen LogP contribution in [0.15, 0.2) is 18.3 Å². The molecular weight excluding hydrogens is 234 g/mol. The van der Waals surface area contributed by atoms with Gasteiger partial charge in [-0.2, -0.15) is 0 Å². The zero-order chi connectivity index (χ0) is 12.3. The fourth-order valence-corrected chi connectivity index (χ4v) is 2.66. The van der Waals surface area contributed by atoms with Gasteiger partial charge in [-0.15, -0.1) is 0 Å². The highest BCUT2D eigenvalue weighted by atomic mass is 35.5. The molecule has 2 heterocycles. The average molecular weight is 254 g/mol. The van der Waals surface area contributed by atoms with Gasteiger partial charge in [-0.3, -0.25) is 4.90 Å². The summed E-state index contributed by atoms with van der Waals surface area (Å²) in [5.74, 6) is 0.610. The van der Waals surface area contributed by atoms with Crippen LogP contribution in [0.1, 0.15) is 25.3 Å². The highest BCUT2D eigenvalue weighted by Crippen LogP contribution is 2.22. The molecule has 2 rings (SSSR count). The molecule has 0 aliphatic carbocycles. The molecule has 0 spiro atoms. The molecular formula is C13H20ClN3. The van der Waals surface area contributed by atoms with Crippen LogP contribution in [0.5, 0.6) is 0 Å². The van der Waals surface area contributed by atoms with Crippen LogP contribution < -0.4 is 5.73 Å². The van der Waals surface area contributed by atoms with Crippen molar-refractivity contribution >= 4 is 11.6 Å². The monoisotopic (exact) mass is 253 g/mol. The molecule has 1 saturated heterocycles. The number of aromatic nitrogens is 1. The highest BCUT2D eigenvalue weighted by Gasteiger charge is 2.25. The Balaban J connectivity index is 1.98. The molecule has 94 valence electrons. The Morgan fingerprint density at radius 1 is 1.59 bits per heavy atom. The molecule has 0 saturated carbocycles. The van der Waals surface area contributed by atoms with Crippen LogP contribution in [0.25, 0.3) is 0 Å². The van der Waals surface area contributed by atoms with Gasteiger partial charge in [0.25, 0.3) is 0 Å². The van der Waals surface area contributed by atoms with Crippen LogP contribution in [-0.2, 0) is 6.54 Å². The smallest absolute Gasteiger partial charge is 0.133 e. The second-order valence-corrected chi connectivity index (χ2v) is 5.17. The molecule has 0 bridgehead atoms.